The maximum atomic E-state index is 12.2. The highest BCUT2D eigenvalue weighted by molar-refractivity contribution is 7.99. The third-order valence-corrected chi connectivity index (χ3v) is 3.31. The highest BCUT2D eigenvalue weighted by Crippen LogP contribution is 2.30. The molecule has 2 nitrogen and oxygen atoms in total. The molecule has 1 unspecified atom stereocenters. The molecule has 0 radical (unpaired) electrons. The number of hydrogen-bond acceptors (Lipinski definition) is 3. The van der Waals surface area contributed by atoms with E-state index < -0.39 is 5.76 Å². The number of thioether (sulfide) groups is 1. The van der Waals surface area contributed by atoms with Crippen molar-refractivity contribution in [2.75, 3.05) is 7.11 Å². The standard InChI is InChI=1S/C13H16F2O2S/c1-8(2)11(12(16)17-3)9-4-6-10(7-5-9)18-13(14)15/h4-8,11,13H,1-3H3. The highest BCUT2D eigenvalue weighted by Gasteiger charge is 2.24. The molecule has 18 heavy (non-hydrogen) atoms. The minimum Gasteiger partial charge on any atom is -0.469 e. The van der Waals surface area contributed by atoms with Crippen LogP contribution in [-0.2, 0) is 9.53 Å². The van der Waals surface area contributed by atoms with E-state index in [1.54, 1.807) is 24.3 Å². The topological polar surface area (TPSA) is 26.3 Å². The lowest BCUT2D eigenvalue weighted by molar-refractivity contribution is -0.143. The van der Waals surface area contributed by atoms with Gasteiger partial charge in [0.25, 0.3) is 5.76 Å². The van der Waals surface area contributed by atoms with Crippen LogP contribution in [0.3, 0.4) is 0 Å². The van der Waals surface area contributed by atoms with E-state index in [9.17, 15) is 13.6 Å². The van der Waals surface area contributed by atoms with Crippen molar-refractivity contribution in [1.82, 2.24) is 0 Å². The van der Waals surface area contributed by atoms with E-state index in [4.69, 9.17) is 4.74 Å². The zero-order valence-corrected chi connectivity index (χ0v) is 11.3. The Balaban J connectivity index is 2.90. The van der Waals surface area contributed by atoms with E-state index in [1.807, 2.05) is 13.8 Å². The first-order valence-electron chi connectivity index (χ1n) is 5.58. The van der Waals surface area contributed by atoms with Crippen molar-refractivity contribution in [2.24, 2.45) is 5.92 Å². The van der Waals surface area contributed by atoms with Crippen molar-refractivity contribution < 1.29 is 18.3 Å². The molecule has 1 atom stereocenters. The molecule has 0 amide bonds. The van der Waals surface area contributed by atoms with Crippen LogP contribution in [-0.4, -0.2) is 18.8 Å². The summed E-state index contributed by atoms with van der Waals surface area (Å²) in [6.07, 6.45) is 0. The number of carbonyl (C=O) groups is 1. The van der Waals surface area contributed by atoms with E-state index in [0.717, 1.165) is 5.56 Å². The molecule has 0 fully saturated rings. The average molecular weight is 274 g/mol. The quantitative estimate of drug-likeness (QED) is 0.601. The van der Waals surface area contributed by atoms with Gasteiger partial charge in [0.05, 0.1) is 13.0 Å². The van der Waals surface area contributed by atoms with Gasteiger partial charge in [-0.1, -0.05) is 37.7 Å². The van der Waals surface area contributed by atoms with Gasteiger partial charge in [-0.2, -0.15) is 8.78 Å². The van der Waals surface area contributed by atoms with Gasteiger partial charge >= 0.3 is 5.97 Å². The fraction of sp³-hybridized carbons (Fsp3) is 0.462. The lowest BCUT2D eigenvalue weighted by Crippen LogP contribution is -2.19. The van der Waals surface area contributed by atoms with E-state index in [2.05, 4.69) is 0 Å². The maximum Gasteiger partial charge on any atom is 0.313 e. The molecule has 0 aliphatic carbocycles. The molecule has 0 aliphatic rings. The Labute approximate surface area is 110 Å². The van der Waals surface area contributed by atoms with Crippen LogP contribution in [0, 0.1) is 5.92 Å². The minimum atomic E-state index is -2.43. The summed E-state index contributed by atoms with van der Waals surface area (Å²) in [6, 6.07) is 6.60. The molecule has 0 aromatic heterocycles. The Hall–Kier alpha value is -1.10. The van der Waals surface area contributed by atoms with Gasteiger partial charge in [0, 0.05) is 4.90 Å². The zero-order valence-electron chi connectivity index (χ0n) is 10.5. The Bertz CT molecular complexity index is 390. The largest absolute Gasteiger partial charge is 0.469 e. The van der Waals surface area contributed by atoms with Crippen LogP contribution < -0.4 is 0 Å². The summed E-state index contributed by atoms with van der Waals surface area (Å²) in [5, 5.41) is 0. The normalized spacial score (nSPS) is 12.8. The van der Waals surface area contributed by atoms with Crippen molar-refractivity contribution in [3.8, 4) is 0 Å². The molecule has 0 saturated heterocycles. The van der Waals surface area contributed by atoms with Crippen LogP contribution >= 0.6 is 11.8 Å². The summed E-state index contributed by atoms with van der Waals surface area (Å²) in [5.74, 6) is -3.01. The van der Waals surface area contributed by atoms with Crippen LogP contribution in [0.4, 0.5) is 8.78 Å². The molecule has 1 aromatic carbocycles. The Morgan fingerprint density at radius 2 is 1.78 bits per heavy atom. The van der Waals surface area contributed by atoms with Gasteiger partial charge < -0.3 is 4.74 Å². The Morgan fingerprint density at radius 1 is 1.22 bits per heavy atom. The third kappa shape index (κ3) is 3.98. The molecule has 0 saturated carbocycles. The molecular formula is C13H16F2O2S. The van der Waals surface area contributed by atoms with Crippen LogP contribution in [0.1, 0.15) is 25.3 Å². The number of hydrogen-bond donors (Lipinski definition) is 0. The van der Waals surface area contributed by atoms with E-state index >= 15 is 0 Å². The second kappa shape index (κ2) is 6.73. The van der Waals surface area contributed by atoms with E-state index in [-0.39, 0.29) is 17.8 Å². The van der Waals surface area contributed by atoms with Crippen molar-refractivity contribution in [2.45, 2.75) is 30.4 Å². The lowest BCUT2D eigenvalue weighted by Gasteiger charge is -2.18. The number of carbonyl (C=O) groups excluding carboxylic acids is 1. The average Bonchev–Trinajstić information content (AvgIpc) is 2.30. The van der Waals surface area contributed by atoms with Crippen molar-refractivity contribution in [3.05, 3.63) is 29.8 Å². The fourth-order valence-electron chi connectivity index (χ4n) is 1.78. The molecular weight excluding hydrogens is 258 g/mol. The van der Waals surface area contributed by atoms with Gasteiger partial charge in [-0.25, -0.2) is 0 Å². The molecule has 0 spiro atoms. The van der Waals surface area contributed by atoms with E-state index in [1.165, 1.54) is 7.11 Å². The summed E-state index contributed by atoms with van der Waals surface area (Å²) in [7, 11) is 1.35. The van der Waals surface area contributed by atoms with Gasteiger partial charge in [-0.05, 0) is 23.6 Å². The SMILES string of the molecule is COC(=O)C(c1ccc(SC(F)F)cc1)C(C)C. The Kier molecular flexibility index (Phi) is 5.59. The van der Waals surface area contributed by atoms with Gasteiger partial charge in [-0.15, -0.1) is 0 Å². The molecule has 100 valence electrons. The highest BCUT2D eigenvalue weighted by atomic mass is 32.2. The van der Waals surface area contributed by atoms with Crippen LogP contribution in [0.5, 0.6) is 0 Å². The predicted octanol–water partition coefficient (Wildman–Crippen LogP) is 3.91. The van der Waals surface area contributed by atoms with Gasteiger partial charge in [0.15, 0.2) is 0 Å². The second-order valence-corrected chi connectivity index (χ2v) is 5.26. The van der Waals surface area contributed by atoms with Crippen molar-refractivity contribution in [1.29, 1.82) is 0 Å². The van der Waals surface area contributed by atoms with Crippen molar-refractivity contribution in [3.63, 3.8) is 0 Å². The molecule has 5 heteroatoms. The predicted molar refractivity (Wildman–Crippen MR) is 67.9 cm³/mol. The van der Waals surface area contributed by atoms with Gasteiger partial charge in [-0.3, -0.25) is 4.79 Å². The Morgan fingerprint density at radius 3 is 2.17 bits per heavy atom. The molecule has 1 aromatic rings. The van der Waals surface area contributed by atoms with Gasteiger partial charge in [0.2, 0.25) is 0 Å². The second-order valence-electron chi connectivity index (χ2n) is 4.19. The smallest absolute Gasteiger partial charge is 0.313 e. The van der Waals surface area contributed by atoms with Crippen LogP contribution in [0.15, 0.2) is 29.2 Å². The zero-order chi connectivity index (χ0) is 13.7. The molecule has 0 heterocycles. The summed E-state index contributed by atoms with van der Waals surface area (Å²) in [4.78, 5) is 12.2. The number of alkyl halides is 2. The first kappa shape index (κ1) is 15.0. The number of benzene rings is 1. The monoisotopic (exact) mass is 274 g/mol. The van der Waals surface area contributed by atoms with Crippen LogP contribution in [0.2, 0.25) is 0 Å². The number of esters is 1. The summed E-state index contributed by atoms with van der Waals surface area (Å²) in [6.45, 7) is 3.84. The first-order chi connectivity index (χ1) is 8.45. The van der Waals surface area contributed by atoms with E-state index in [0.29, 0.717) is 16.7 Å². The molecule has 0 bridgehead atoms. The molecule has 1 rings (SSSR count). The van der Waals surface area contributed by atoms with Gasteiger partial charge in [0.1, 0.15) is 0 Å². The lowest BCUT2D eigenvalue weighted by atomic mass is 9.88. The number of rotatable bonds is 5. The van der Waals surface area contributed by atoms with Crippen LogP contribution in [0.25, 0.3) is 0 Å². The molecule has 0 N–H and O–H groups in total. The summed E-state index contributed by atoms with van der Waals surface area (Å²) < 4.78 is 29.1. The summed E-state index contributed by atoms with van der Waals surface area (Å²) in [5.41, 5.74) is 0.787. The summed E-state index contributed by atoms with van der Waals surface area (Å²) >= 11 is 0.492. The maximum absolute atomic E-state index is 12.2. The fourth-order valence-corrected chi connectivity index (χ4v) is 2.28. The molecule has 0 aliphatic heterocycles. The number of ether oxygens (including phenoxy) is 1. The number of methoxy groups -OCH3 is 1. The number of halogens is 2. The third-order valence-electron chi connectivity index (χ3n) is 2.59. The van der Waals surface area contributed by atoms with Crippen molar-refractivity contribution >= 4 is 17.7 Å². The minimum absolute atomic E-state index is 0.0889. The first-order valence-corrected chi connectivity index (χ1v) is 6.46.